The van der Waals surface area contributed by atoms with Crippen LogP contribution in [-0.2, 0) is 7.05 Å². The van der Waals surface area contributed by atoms with Gasteiger partial charge >= 0.3 is 0 Å². The predicted octanol–water partition coefficient (Wildman–Crippen LogP) is 2.74. The number of hydrogen-bond donors (Lipinski definition) is 2. The van der Waals surface area contributed by atoms with Gasteiger partial charge in [-0.1, -0.05) is 20.3 Å². The average molecular weight is 353 g/mol. The summed E-state index contributed by atoms with van der Waals surface area (Å²) in [6.45, 7) is 4.41. The fraction of sp³-hybridized carbons (Fsp3) is 0.526. The second kappa shape index (κ2) is 6.72. The molecule has 1 aliphatic carbocycles. The van der Waals surface area contributed by atoms with Crippen molar-refractivity contribution in [3.05, 3.63) is 30.4 Å². The molecule has 7 heteroatoms. The van der Waals surface area contributed by atoms with Crippen LogP contribution in [0.5, 0.6) is 0 Å². The van der Waals surface area contributed by atoms with Gasteiger partial charge in [0, 0.05) is 54.1 Å². The summed E-state index contributed by atoms with van der Waals surface area (Å²) >= 11 is 0. The molecule has 3 N–H and O–H groups in total. The van der Waals surface area contributed by atoms with Crippen LogP contribution in [0.1, 0.15) is 51.1 Å². The molecule has 3 aromatic heterocycles. The van der Waals surface area contributed by atoms with Gasteiger partial charge in [0.05, 0.1) is 12.4 Å². The molecule has 0 saturated heterocycles. The Bertz CT molecular complexity index is 908. The lowest BCUT2D eigenvalue weighted by Crippen LogP contribution is -2.38. The molecular weight excluding hydrogens is 326 g/mol. The molecule has 138 valence electrons. The second-order valence-corrected chi connectivity index (χ2v) is 7.68. The predicted molar refractivity (Wildman–Crippen MR) is 103 cm³/mol. The minimum absolute atomic E-state index is 0.434. The quantitative estimate of drug-likeness (QED) is 0.753. The molecule has 0 amide bonds. The highest BCUT2D eigenvalue weighted by molar-refractivity contribution is 5.77. The van der Waals surface area contributed by atoms with Gasteiger partial charge in [-0.05, 0) is 19.3 Å². The molecule has 1 unspecified atom stereocenters. The number of nitrogens with two attached hydrogens (primary N) is 1. The SMILES string of the molecule is CC(C)N[C@@H]1CCCC(c2cc(N)n3ncc(-c4cnn(C)c4)c3n2)C1. The summed E-state index contributed by atoms with van der Waals surface area (Å²) in [6.07, 6.45) is 10.4. The highest BCUT2D eigenvalue weighted by Gasteiger charge is 2.26. The molecule has 1 saturated carbocycles. The number of anilines is 1. The van der Waals surface area contributed by atoms with Crippen molar-refractivity contribution in [2.24, 2.45) is 7.05 Å². The van der Waals surface area contributed by atoms with Crippen LogP contribution >= 0.6 is 0 Å². The van der Waals surface area contributed by atoms with E-state index in [1.54, 1.807) is 9.20 Å². The molecule has 26 heavy (non-hydrogen) atoms. The van der Waals surface area contributed by atoms with E-state index < -0.39 is 0 Å². The average Bonchev–Trinajstić information content (AvgIpc) is 3.20. The Morgan fingerprint density at radius 1 is 1.23 bits per heavy atom. The maximum Gasteiger partial charge on any atom is 0.165 e. The van der Waals surface area contributed by atoms with Gasteiger partial charge < -0.3 is 11.1 Å². The van der Waals surface area contributed by atoms with Crippen LogP contribution in [0.2, 0.25) is 0 Å². The summed E-state index contributed by atoms with van der Waals surface area (Å²) in [5, 5.41) is 12.4. The Morgan fingerprint density at radius 2 is 2.08 bits per heavy atom. The van der Waals surface area contributed by atoms with E-state index in [1.807, 2.05) is 31.7 Å². The van der Waals surface area contributed by atoms with Gasteiger partial charge in [0.25, 0.3) is 0 Å². The first-order valence-corrected chi connectivity index (χ1v) is 9.40. The second-order valence-electron chi connectivity index (χ2n) is 7.68. The highest BCUT2D eigenvalue weighted by Crippen LogP contribution is 2.34. The van der Waals surface area contributed by atoms with Crippen molar-refractivity contribution in [1.29, 1.82) is 0 Å². The lowest BCUT2D eigenvalue weighted by Gasteiger charge is -2.31. The van der Waals surface area contributed by atoms with Crippen molar-refractivity contribution in [2.75, 3.05) is 5.73 Å². The fourth-order valence-electron chi connectivity index (χ4n) is 4.06. The molecule has 4 rings (SSSR count). The number of aryl methyl sites for hydroxylation is 1. The monoisotopic (exact) mass is 353 g/mol. The molecule has 2 atom stereocenters. The Morgan fingerprint density at radius 3 is 2.81 bits per heavy atom. The van der Waals surface area contributed by atoms with Gasteiger partial charge in [0.1, 0.15) is 5.82 Å². The van der Waals surface area contributed by atoms with E-state index in [2.05, 4.69) is 29.4 Å². The zero-order valence-electron chi connectivity index (χ0n) is 15.7. The first-order valence-electron chi connectivity index (χ1n) is 9.40. The molecule has 1 aliphatic rings. The maximum atomic E-state index is 6.30. The van der Waals surface area contributed by atoms with Gasteiger partial charge in [0.15, 0.2) is 5.65 Å². The number of fused-ring (bicyclic) bond motifs is 1. The van der Waals surface area contributed by atoms with E-state index in [-0.39, 0.29) is 0 Å². The zero-order chi connectivity index (χ0) is 18.3. The van der Waals surface area contributed by atoms with Crippen LogP contribution in [-0.4, -0.2) is 36.5 Å². The lowest BCUT2D eigenvalue weighted by molar-refractivity contribution is 0.319. The third-order valence-electron chi connectivity index (χ3n) is 5.20. The third-order valence-corrected chi connectivity index (χ3v) is 5.20. The maximum absolute atomic E-state index is 6.30. The van der Waals surface area contributed by atoms with E-state index in [0.717, 1.165) is 35.3 Å². The molecular formula is C19H27N7. The molecule has 1 fully saturated rings. The first-order chi connectivity index (χ1) is 12.5. The van der Waals surface area contributed by atoms with E-state index in [0.29, 0.717) is 23.8 Å². The summed E-state index contributed by atoms with van der Waals surface area (Å²) in [5.74, 6) is 1.07. The first kappa shape index (κ1) is 17.0. The Hall–Kier alpha value is -2.41. The zero-order valence-corrected chi connectivity index (χ0v) is 15.7. The van der Waals surface area contributed by atoms with Crippen molar-refractivity contribution in [2.45, 2.75) is 57.5 Å². The molecule has 0 spiro atoms. The summed E-state index contributed by atoms with van der Waals surface area (Å²) in [7, 11) is 1.91. The summed E-state index contributed by atoms with van der Waals surface area (Å²) in [4.78, 5) is 4.97. The van der Waals surface area contributed by atoms with Crippen molar-refractivity contribution < 1.29 is 0 Å². The molecule has 0 bridgehead atoms. The van der Waals surface area contributed by atoms with Crippen LogP contribution in [0.4, 0.5) is 5.82 Å². The van der Waals surface area contributed by atoms with Crippen LogP contribution in [0, 0.1) is 0 Å². The van der Waals surface area contributed by atoms with Crippen molar-refractivity contribution in [1.82, 2.24) is 29.7 Å². The van der Waals surface area contributed by atoms with Crippen LogP contribution in [0.15, 0.2) is 24.7 Å². The van der Waals surface area contributed by atoms with Crippen LogP contribution in [0.25, 0.3) is 16.8 Å². The third kappa shape index (κ3) is 3.19. The number of nitrogens with one attached hydrogen (secondary N) is 1. The minimum Gasteiger partial charge on any atom is -0.384 e. The Balaban J connectivity index is 1.70. The van der Waals surface area contributed by atoms with E-state index in [1.165, 1.54) is 12.8 Å². The minimum atomic E-state index is 0.434. The molecule has 3 heterocycles. The van der Waals surface area contributed by atoms with Crippen molar-refractivity contribution >= 4 is 11.5 Å². The summed E-state index contributed by atoms with van der Waals surface area (Å²) in [6, 6.07) is 3.05. The van der Waals surface area contributed by atoms with Gasteiger partial charge in [0.2, 0.25) is 0 Å². The largest absolute Gasteiger partial charge is 0.384 e. The topological polar surface area (TPSA) is 86.1 Å². The number of hydrogen-bond acceptors (Lipinski definition) is 5. The number of nitrogens with zero attached hydrogens (tertiary/aromatic N) is 5. The molecule has 7 nitrogen and oxygen atoms in total. The normalized spacial score (nSPS) is 20.9. The smallest absolute Gasteiger partial charge is 0.165 e. The van der Waals surface area contributed by atoms with E-state index >= 15 is 0 Å². The van der Waals surface area contributed by atoms with Crippen molar-refractivity contribution in [3.8, 4) is 11.1 Å². The lowest BCUT2D eigenvalue weighted by atomic mass is 9.83. The number of nitrogen functional groups attached to an aromatic ring is 1. The fourth-order valence-corrected chi connectivity index (χ4v) is 4.06. The standard InChI is InChI=1S/C19H27N7/c1-12(2)23-15-6-4-5-13(7-15)17-8-18(20)26-19(24-17)16(10-22-26)14-9-21-25(3)11-14/h8-13,15,23H,4-7,20H2,1-3H3/t13?,15-/m1/s1. The number of rotatable bonds is 4. The van der Waals surface area contributed by atoms with E-state index in [9.17, 15) is 0 Å². The molecule has 0 radical (unpaired) electrons. The summed E-state index contributed by atoms with van der Waals surface area (Å²) in [5.41, 5.74) is 10.2. The molecule has 0 aliphatic heterocycles. The van der Waals surface area contributed by atoms with Crippen LogP contribution < -0.4 is 11.1 Å². The molecule has 0 aromatic carbocycles. The number of aromatic nitrogens is 5. The van der Waals surface area contributed by atoms with Gasteiger partial charge in [-0.2, -0.15) is 14.7 Å². The van der Waals surface area contributed by atoms with Gasteiger partial charge in [-0.25, -0.2) is 4.98 Å². The summed E-state index contributed by atoms with van der Waals surface area (Å²) < 4.78 is 3.51. The Labute approximate surface area is 153 Å². The van der Waals surface area contributed by atoms with Gasteiger partial charge in [-0.3, -0.25) is 4.68 Å². The van der Waals surface area contributed by atoms with Gasteiger partial charge in [-0.15, -0.1) is 0 Å². The van der Waals surface area contributed by atoms with Crippen molar-refractivity contribution in [3.63, 3.8) is 0 Å². The Kier molecular flexibility index (Phi) is 4.40. The van der Waals surface area contributed by atoms with Crippen LogP contribution in [0.3, 0.4) is 0 Å². The van der Waals surface area contributed by atoms with E-state index in [4.69, 9.17) is 10.7 Å². The highest BCUT2D eigenvalue weighted by atomic mass is 15.3. The molecule has 3 aromatic rings.